The molecule has 0 aliphatic carbocycles. The number of aromatic nitrogens is 2. The van der Waals surface area contributed by atoms with Crippen molar-refractivity contribution in [2.24, 2.45) is 0 Å². The fourth-order valence-corrected chi connectivity index (χ4v) is 5.28. The number of carbonyl (C=O) groups excluding carboxylic acids is 1. The molecule has 1 aliphatic rings. The van der Waals surface area contributed by atoms with Crippen LogP contribution in [0, 0.1) is 13.8 Å². The minimum atomic E-state index is 0.129. The lowest BCUT2D eigenvalue weighted by molar-refractivity contribution is 0.0711. The first-order valence-corrected chi connectivity index (χ1v) is 9.84. The first-order chi connectivity index (χ1) is 11.6. The molecule has 6 heteroatoms. The molecule has 0 N–H and O–H groups in total. The molecule has 4 rings (SSSR count). The minimum absolute atomic E-state index is 0.129. The minimum Gasteiger partial charge on any atom is -0.337 e. The Kier molecular flexibility index (Phi) is 4.10. The van der Waals surface area contributed by atoms with E-state index < -0.39 is 0 Å². The predicted molar refractivity (Wildman–Crippen MR) is 99.1 cm³/mol. The molecule has 4 nitrogen and oxygen atoms in total. The van der Waals surface area contributed by atoms with Crippen LogP contribution in [0.15, 0.2) is 24.3 Å². The molecule has 1 fully saturated rings. The van der Waals surface area contributed by atoms with E-state index in [9.17, 15) is 4.79 Å². The van der Waals surface area contributed by atoms with Gasteiger partial charge < -0.3 is 4.90 Å². The van der Waals surface area contributed by atoms with Crippen LogP contribution in [0.3, 0.4) is 0 Å². The molecule has 0 saturated carbocycles. The van der Waals surface area contributed by atoms with Gasteiger partial charge in [0, 0.05) is 19.0 Å². The number of aryl methyl sites for hydroxylation is 2. The van der Waals surface area contributed by atoms with Crippen molar-refractivity contribution in [1.82, 2.24) is 14.9 Å². The van der Waals surface area contributed by atoms with E-state index in [0.29, 0.717) is 5.92 Å². The van der Waals surface area contributed by atoms with Crippen LogP contribution in [0.5, 0.6) is 0 Å². The maximum atomic E-state index is 12.9. The van der Waals surface area contributed by atoms with E-state index in [1.54, 1.807) is 11.3 Å². The summed E-state index contributed by atoms with van der Waals surface area (Å²) in [7, 11) is 0. The number of likely N-dealkylation sites (tertiary alicyclic amines) is 1. The van der Waals surface area contributed by atoms with Crippen molar-refractivity contribution in [1.29, 1.82) is 0 Å². The van der Waals surface area contributed by atoms with Crippen LogP contribution >= 0.6 is 22.7 Å². The molecule has 2 aromatic heterocycles. The van der Waals surface area contributed by atoms with Crippen LogP contribution in [0.2, 0.25) is 0 Å². The van der Waals surface area contributed by atoms with Gasteiger partial charge in [-0.05, 0) is 38.8 Å². The average molecular weight is 358 g/mol. The molecule has 1 aromatic carbocycles. The Morgan fingerprint density at radius 1 is 1.21 bits per heavy atom. The predicted octanol–water partition coefficient (Wildman–Crippen LogP) is 4.39. The summed E-state index contributed by atoms with van der Waals surface area (Å²) in [4.78, 5) is 24.8. The highest BCUT2D eigenvalue weighted by Crippen LogP contribution is 2.33. The molecule has 3 aromatic rings. The zero-order valence-electron chi connectivity index (χ0n) is 13.8. The van der Waals surface area contributed by atoms with E-state index in [1.807, 2.05) is 24.8 Å². The fourth-order valence-electron chi connectivity index (χ4n) is 3.30. The Balaban J connectivity index is 1.57. The Bertz CT molecular complexity index is 866. The van der Waals surface area contributed by atoms with Gasteiger partial charge in [0.25, 0.3) is 5.91 Å². The summed E-state index contributed by atoms with van der Waals surface area (Å²) in [5.41, 5.74) is 1.92. The van der Waals surface area contributed by atoms with Crippen LogP contribution < -0.4 is 0 Å². The lowest BCUT2D eigenvalue weighted by atomic mass is 9.98. The summed E-state index contributed by atoms with van der Waals surface area (Å²) in [5.74, 6) is 0.471. The number of hydrogen-bond donors (Lipinski definition) is 0. The Hall–Kier alpha value is -1.79. The molecule has 0 radical (unpaired) electrons. The molecule has 1 aliphatic heterocycles. The Morgan fingerprint density at radius 3 is 2.79 bits per heavy atom. The van der Waals surface area contributed by atoms with E-state index >= 15 is 0 Å². The summed E-state index contributed by atoms with van der Waals surface area (Å²) >= 11 is 3.26. The van der Waals surface area contributed by atoms with Gasteiger partial charge in [-0.25, -0.2) is 9.97 Å². The quantitative estimate of drug-likeness (QED) is 0.683. The second-order valence-corrected chi connectivity index (χ2v) is 8.52. The first-order valence-electron chi connectivity index (χ1n) is 8.20. The van der Waals surface area contributed by atoms with Crippen molar-refractivity contribution >= 4 is 38.8 Å². The van der Waals surface area contributed by atoms with Gasteiger partial charge in [-0.15, -0.1) is 22.7 Å². The van der Waals surface area contributed by atoms with Crippen molar-refractivity contribution in [3.05, 3.63) is 44.9 Å². The summed E-state index contributed by atoms with van der Waals surface area (Å²) in [6.07, 6.45) is 2.13. The lowest BCUT2D eigenvalue weighted by Gasteiger charge is -2.31. The average Bonchev–Trinajstić information content (AvgIpc) is 3.17. The number of benzene rings is 1. The van der Waals surface area contributed by atoms with Crippen LogP contribution in [0.25, 0.3) is 10.2 Å². The van der Waals surface area contributed by atoms with Gasteiger partial charge >= 0.3 is 0 Å². The van der Waals surface area contributed by atoms with E-state index in [1.165, 1.54) is 16.0 Å². The second-order valence-electron chi connectivity index (χ2n) is 6.26. The fraction of sp³-hybridized carbons (Fsp3) is 0.389. The van der Waals surface area contributed by atoms with E-state index in [4.69, 9.17) is 4.98 Å². The topological polar surface area (TPSA) is 46.1 Å². The highest BCUT2D eigenvalue weighted by atomic mass is 32.1. The molecule has 1 atom stereocenters. The molecule has 1 saturated heterocycles. The van der Waals surface area contributed by atoms with Crippen molar-refractivity contribution < 1.29 is 4.79 Å². The number of piperidine rings is 1. The molecular weight excluding hydrogens is 338 g/mol. The molecule has 24 heavy (non-hydrogen) atoms. The monoisotopic (exact) mass is 357 g/mol. The number of hydrogen-bond acceptors (Lipinski definition) is 5. The molecule has 1 unspecified atom stereocenters. The summed E-state index contributed by atoms with van der Waals surface area (Å²) in [6, 6.07) is 8.25. The smallest absolute Gasteiger partial charge is 0.265 e. The molecule has 1 amide bonds. The molecule has 3 heterocycles. The zero-order chi connectivity index (χ0) is 16.7. The van der Waals surface area contributed by atoms with Crippen LogP contribution in [0.1, 0.15) is 44.1 Å². The van der Waals surface area contributed by atoms with Crippen LogP contribution in [0.4, 0.5) is 0 Å². The summed E-state index contributed by atoms with van der Waals surface area (Å²) < 4.78 is 1.23. The highest BCUT2D eigenvalue weighted by molar-refractivity contribution is 7.18. The van der Waals surface area contributed by atoms with Gasteiger partial charge in [0.1, 0.15) is 4.88 Å². The number of carbonyl (C=O) groups is 1. The van der Waals surface area contributed by atoms with Gasteiger partial charge in [-0.2, -0.15) is 0 Å². The summed E-state index contributed by atoms with van der Waals surface area (Å²) in [5, 5.41) is 2.11. The van der Waals surface area contributed by atoms with Crippen molar-refractivity contribution in [3.63, 3.8) is 0 Å². The van der Waals surface area contributed by atoms with Gasteiger partial charge in [0.2, 0.25) is 0 Å². The highest BCUT2D eigenvalue weighted by Gasteiger charge is 2.29. The van der Waals surface area contributed by atoms with Gasteiger partial charge in [0.15, 0.2) is 0 Å². The Morgan fingerprint density at radius 2 is 2.04 bits per heavy atom. The van der Waals surface area contributed by atoms with Crippen LogP contribution in [-0.4, -0.2) is 33.9 Å². The number of nitrogens with zero attached hydrogens (tertiary/aromatic N) is 3. The molecular formula is C18H19N3OS2. The largest absolute Gasteiger partial charge is 0.337 e. The summed E-state index contributed by atoms with van der Waals surface area (Å²) in [6.45, 7) is 5.46. The van der Waals surface area contributed by atoms with Crippen molar-refractivity contribution in [3.8, 4) is 0 Å². The molecule has 0 bridgehead atoms. The van der Waals surface area contributed by atoms with Crippen LogP contribution in [-0.2, 0) is 0 Å². The molecule has 124 valence electrons. The Labute approximate surface area is 149 Å². The first kappa shape index (κ1) is 15.7. The third-order valence-corrected chi connectivity index (χ3v) is 6.73. The SMILES string of the molecule is Cc1nc(C)c(C(=O)N2CCCC(c3nc4ccccc4s3)C2)s1. The normalized spacial score (nSPS) is 18.2. The maximum absolute atomic E-state index is 12.9. The number of rotatable bonds is 2. The lowest BCUT2D eigenvalue weighted by Crippen LogP contribution is -2.39. The number of thiazole rings is 2. The third-order valence-electron chi connectivity index (χ3n) is 4.47. The second kappa shape index (κ2) is 6.26. The van der Waals surface area contributed by atoms with E-state index in [2.05, 4.69) is 23.2 Å². The number of fused-ring (bicyclic) bond motifs is 1. The van der Waals surface area contributed by atoms with Crippen molar-refractivity contribution in [2.75, 3.05) is 13.1 Å². The van der Waals surface area contributed by atoms with E-state index in [-0.39, 0.29) is 5.91 Å². The van der Waals surface area contributed by atoms with Gasteiger partial charge in [-0.3, -0.25) is 4.79 Å². The zero-order valence-corrected chi connectivity index (χ0v) is 15.4. The standard InChI is InChI=1S/C18H19N3OS2/c1-11-16(23-12(2)19-11)18(22)21-9-5-6-13(10-21)17-20-14-7-3-4-8-15(14)24-17/h3-4,7-8,13H,5-6,9-10H2,1-2H3. The van der Waals surface area contributed by atoms with Gasteiger partial charge in [-0.1, -0.05) is 12.1 Å². The maximum Gasteiger partial charge on any atom is 0.265 e. The van der Waals surface area contributed by atoms with E-state index in [0.717, 1.165) is 52.0 Å². The number of amides is 1. The van der Waals surface area contributed by atoms with Gasteiger partial charge in [0.05, 0.1) is 25.9 Å². The third kappa shape index (κ3) is 2.84. The van der Waals surface area contributed by atoms with Crippen molar-refractivity contribution in [2.45, 2.75) is 32.6 Å². The molecule has 0 spiro atoms. The number of para-hydroxylation sites is 1.